The first-order valence-corrected chi connectivity index (χ1v) is 16.5. The van der Waals surface area contributed by atoms with Crippen molar-refractivity contribution in [2.75, 3.05) is 0 Å². The van der Waals surface area contributed by atoms with Gasteiger partial charge in [0, 0.05) is 32.8 Å². The number of hydrogen-bond donors (Lipinski definition) is 0. The van der Waals surface area contributed by atoms with Crippen molar-refractivity contribution in [3.63, 3.8) is 0 Å². The van der Waals surface area contributed by atoms with Crippen LogP contribution in [0.15, 0.2) is 115 Å². The zero-order valence-electron chi connectivity index (χ0n) is 28.3. The zero-order chi connectivity index (χ0) is 32.7. The smallest absolute Gasteiger partial charge is 0.149 e. The molecule has 0 atom stereocenters. The van der Waals surface area contributed by atoms with Crippen LogP contribution in [0.2, 0.25) is 0 Å². The van der Waals surface area contributed by atoms with Crippen LogP contribution in [0.25, 0.3) is 66.6 Å². The van der Waals surface area contributed by atoms with E-state index in [-0.39, 0.29) is 10.8 Å². The zero-order valence-corrected chi connectivity index (χ0v) is 28.3. The van der Waals surface area contributed by atoms with Crippen molar-refractivity contribution in [2.45, 2.75) is 59.3 Å². The number of nitrogens with zero attached hydrogens (tertiary/aromatic N) is 4. The van der Waals surface area contributed by atoms with Crippen molar-refractivity contribution in [3.8, 4) is 22.8 Å². The van der Waals surface area contributed by atoms with Crippen LogP contribution in [0.3, 0.4) is 0 Å². The topological polar surface area (TPSA) is 35.6 Å². The van der Waals surface area contributed by atoms with Crippen LogP contribution >= 0.6 is 0 Å². The second kappa shape index (κ2) is 10.4. The molecule has 0 amide bonds. The summed E-state index contributed by atoms with van der Waals surface area (Å²) in [5.41, 5.74) is 11.0. The second-order valence-electron chi connectivity index (χ2n) is 14.8. The summed E-state index contributed by atoms with van der Waals surface area (Å²) in [7, 11) is 0. The summed E-state index contributed by atoms with van der Waals surface area (Å²) in [5, 5.41) is 4.82. The molecule has 4 heteroatoms. The lowest BCUT2D eigenvalue weighted by Crippen LogP contribution is -2.14. The molecule has 0 radical (unpaired) electrons. The average molecular weight is 613 g/mol. The molecule has 232 valence electrons. The number of benzene rings is 4. The molecule has 4 heterocycles. The van der Waals surface area contributed by atoms with E-state index < -0.39 is 0 Å². The molecule has 8 aromatic rings. The quantitative estimate of drug-likeness (QED) is 0.199. The van der Waals surface area contributed by atoms with Crippen LogP contribution in [0.1, 0.15) is 58.2 Å². The van der Waals surface area contributed by atoms with Gasteiger partial charge in [0.25, 0.3) is 0 Å². The molecule has 4 nitrogen and oxygen atoms in total. The highest BCUT2D eigenvalue weighted by Crippen LogP contribution is 2.45. The maximum atomic E-state index is 5.68. The highest BCUT2D eigenvalue weighted by molar-refractivity contribution is 6.20. The summed E-state index contributed by atoms with van der Waals surface area (Å²) in [4.78, 5) is 11.0. The molecular weight excluding hydrogens is 573 g/mol. The molecule has 0 spiro atoms. The van der Waals surface area contributed by atoms with E-state index in [1.165, 1.54) is 38.2 Å². The van der Waals surface area contributed by atoms with Gasteiger partial charge in [-0.2, -0.15) is 0 Å². The fourth-order valence-electron chi connectivity index (χ4n) is 7.30. The minimum atomic E-state index is -0.174. The van der Waals surface area contributed by atoms with Crippen molar-refractivity contribution in [1.82, 2.24) is 19.1 Å². The third-order valence-electron chi connectivity index (χ3n) is 9.52. The van der Waals surface area contributed by atoms with E-state index in [0.717, 1.165) is 45.1 Å². The van der Waals surface area contributed by atoms with Crippen LogP contribution < -0.4 is 0 Å². The van der Waals surface area contributed by atoms with Gasteiger partial charge in [0.05, 0.1) is 16.7 Å². The van der Waals surface area contributed by atoms with Gasteiger partial charge < -0.3 is 0 Å². The first-order valence-electron chi connectivity index (χ1n) is 16.5. The van der Waals surface area contributed by atoms with Crippen LogP contribution in [-0.4, -0.2) is 19.1 Å². The van der Waals surface area contributed by atoms with Crippen LogP contribution in [0.4, 0.5) is 0 Å². The Morgan fingerprint density at radius 2 is 1.13 bits per heavy atom. The van der Waals surface area contributed by atoms with Gasteiger partial charge in [0.2, 0.25) is 0 Å². The molecule has 8 rings (SSSR count). The molecule has 0 N–H and O–H groups in total. The van der Waals surface area contributed by atoms with Crippen LogP contribution in [-0.2, 0) is 10.8 Å². The summed E-state index contributed by atoms with van der Waals surface area (Å²) in [6.45, 7) is 16.0. The predicted octanol–water partition coefficient (Wildman–Crippen LogP) is 11.2. The summed E-state index contributed by atoms with van der Waals surface area (Å²) < 4.78 is 4.64. The number of rotatable bonds is 3. The molecule has 4 aromatic heterocycles. The Hall–Kier alpha value is -5.22. The summed E-state index contributed by atoms with van der Waals surface area (Å²) >= 11 is 0. The molecule has 0 fully saturated rings. The van der Waals surface area contributed by atoms with Crippen molar-refractivity contribution in [2.24, 2.45) is 0 Å². The summed E-state index contributed by atoms with van der Waals surface area (Å²) in [5.74, 6) is 0.862. The SMILES string of the molecule is Cc1ccccc1-c1cccc(-n2c3ccccc3c3c(C(C)(C)C)c4c5ccccc5n(-c5cccc(C(C)(C)C)c5)c4nc32)n1. The summed E-state index contributed by atoms with van der Waals surface area (Å²) in [6.07, 6.45) is 0. The lowest BCUT2D eigenvalue weighted by Gasteiger charge is -2.23. The highest BCUT2D eigenvalue weighted by atomic mass is 15.1. The van der Waals surface area contributed by atoms with Gasteiger partial charge in [-0.1, -0.05) is 120 Å². The fraction of sp³-hybridized carbons (Fsp3) is 0.209. The Balaban J connectivity index is 1.56. The Morgan fingerprint density at radius 1 is 0.532 bits per heavy atom. The number of hydrogen-bond acceptors (Lipinski definition) is 2. The second-order valence-corrected chi connectivity index (χ2v) is 14.8. The van der Waals surface area contributed by atoms with Gasteiger partial charge in [-0.25, -0.2) is 9.97 Å². The molecule has 0 saturated heterocycles. The molecular formula is C43H40N4. The molecule has 0 unspecified atom stereocenters. The van der Waals surface area contributed by atoms with Gasteiger partial charge >= 0.3 is 0 Å². The Labute approximate surface area is 276 Å². The number of para-hydroxylation sites is 2. The predicted molar refractivity (Wildman–Crippen MR) is 198 cm³/mol. The van der Waals surface area contributed by atoms with Crippen molar-refractivity contribution in [3.05, 3.63) is 132 Å². The van der Waals surface area contributed by atoms with E-state index in [2.05, 4.69) is 173 Å². The maximum absolute atomic E-state index is 5.68. The van der Waals surface area contributed by atoms with Gasteiger partial charge in [-0.3, -0.25) is 9.13 Å². The number of fused-ring (bicyclic) bond motifs is 6. The van der Waals surface area contributed by atoms with Gasteiger partial charge in [0.1, 0.15) is 17.1 Å². The standard InChI is InChI=1S/C43H40N4/c1-27-16-8-9-19-30(27)33-22-15-25-36(44-33)47-35-24-13-11-21-32(35)38-39(43(5,6)7)37-31-20-10-12-23-34(31)46(40(37)45-41(38)47)29-18-14-17-28(26-29)42(2,3)4/h8-26H,1-7H3. The van der Waals surface area contributed by atoms with Gasteiger partial charge in [0.15, 0.2) is 0 Å². The van der Waals surface area contributed by atoms with Crippen LogP contribution in [0.5, 0.6) is 0 Å². The van der Waals surface area contributed by atoms with Crippen molar-refractivity contribution >= 4 is 43.9 Å². The molecule has 0 bridgehead atoms. The number of aryl methyl sites for hydroxylation is 1. The van der Waals surface area contributed by atoms with E-state index >= 15 is 0 Å². The number of aromatic nitrogens is 4. The first-order chi connectivity index (χ1) is 22.5. The fourth-order valence-corrected chi connectivity index (χ4v) is 7.30. The third-order valence-corrected chi connectivity index (χ3v) is 9.52. The van der Waals surface area contributed by atoms with Gasteiger partial charge in [-0.15, -0.1) is 0 Å². The average Bonchev–Trinajstić information content (AvgIpc) is 3.55. The van der Waals surface area contributed by atoms with E-state index in [0.29, 0.717) is 0 Å². The maximum Gasteiger partial charge on any atom is 0.149 e. The van der Waals surface area contributed by atoms with E-state index in [1.54, 1.807) is 0 Å². The van der Waals surface area contributed by atoms with Gasteiger partial charge in [-0.05, 0) is 70.8 Å². The van der Waals surface area contributed by atoms with Crippen molar-refractivity contribution < 1.29 is 0 Å². The monoisotopic (exact) mass is 612 g/mol. The van der Waals surface area contributed by atoms with Crippen molar-refractivity contribution in [1.29, 1.82) is 0 Å². The minimum absolute atomic E-state index is 0.0201. The lowest BCUT2D eigenvalue weighted by atomic mass is 9.82. The molecule has 47 heavy (non-hydrogen) atoms. The number of pyridine rings is 2. The molecule has 4 aromatic carbocycles. The van der Waals surface area contributed by atoms with E-state index in [4.69, 9.17) is 9.97 Å². The Bertz CT molecular complexity index is 2500. The first kappa shape index (κ1) is 29.2. The Kier molecular flexibility index (Phi) is 6.46. The normalized spacial score (nSPS) is 12.6. The largest absolute Gasteiger partial charge is 0.294 e. The molecule has 0 aliphatic carbocycles. The molecule has 0 aliphatic rings. The molecule has 0 saturated carbocycles. The van der Waals surface area contributed by atoms with E-state index in [1.807, 2.05) is 0 Å². The van der Waals surface area contributed by atoms with E-state index in [9.17, 15) is 0 Å². The summed E-state index contributed by atoms with van der Waals surface area (Å²) in [6, 6.07) is 41.2. The lowest BCUT2D eigenvalue weighted by molar-refractivity contribution is 0.590. The Morgan fingerprint density at radius 3 is 1.79 bits per heavy atom. The molecule has 0 aliphatic heterocycles. The minimum Gasteiger partial charge on any atom is -0.294 e. The van der Waals surface area contributed by atoms with Crippen LogP contribution in [0, 0.1) is 6.92 Å². The third kappa shape index (κ3) is 4.58. The highest BCUT2D eigenvalue weighted by Gasteiger charge is 2.30.